The largest absolute Gasteiger partial charge is 0.454 e. The molecule has 9 aromatic carbocycles. The Morgan fingerprint density at radius 1 is 0.333 bits per heavy atom. The fraction of sp³-hybridized carbons (Fsp3) is 0. The van der Waals surface area contributed by atoms with Crippen LogP contribution in [0, 0.1) is 0 Å². The quantitative estimate of drug-likeness (QED) is 0.168. The minimum absolute atomic E-state index is 0.874. The summed E-state index contributed by atoms with van der Waals surface area (Å²) >= 11 is 0. The van der Waals surface area contributed by atoms with Crippen LogP contribution in [0.15, 0.2) is 229 Å². The molecule has 0 saturated carbocycles. The molecule has 0 aliphatic heterocycles. The van der Waals surface area contributed by atoms with Crippen LogP contribution < -0.4 is 0 Å². The molecule has 0 saturated heterocycles. The molecule has 0 aliphatic rings. The zero-order chi connectivity index (χ0) is 41.4. The van der Waals surface area contributed by atoms with Crippen molar-refractivity contribution in [1.29, 1.82) is 0 Å². The molecule has 0 atom stereocenters. The van der Waals surface area contributed by atoms with Crippen molar-refractivity contribution < 1.29 is 4.42 Å². The van der Waals surface area contributed by atoms with Crippen molar-refractivity contribution in [1.82, 2.24) is 14.1 Å². The van der Waals surface area contributed by atoms with Crippen LogP contribution >= 0.6 is 0 Å². The molecule has 4 aromatic heterocycles. The van der Waals surface area contributed by atoms with Gasteiger partial charge in [-0.2, -0.15) is 0 Å². The van der Waals surface area contributed by atoms with Gasteiger partial charge in [0.15, 0.2) is 5.58 Å². The predicted octanol–water partition coefficient (Wildman–Crippen LogP) is 15.8. The summed E-state index contributed by atoms with van der Waals surface area (Å²) in [5, 5.41) is 7.04. The summed E-state index contributed by atoms with van der Waals surface area (Å²) in [4.78, 5) is 5.23. The van der Waals surface area contributed by atoms with Crippen molar-refractivity contribution in [2.45, 2.75) is 0 Å². The van der Waals surface area contributed by atoms with Gasteiger partial charge in [-0.15, -0.1) is 0 Å². The third kappa shape index (κ3) is 5.59. The number of para-hydroxylation sites is 4. The van der Waals surface area contributed by atoms with E-state index in [1.54, 1.807) is 0 Å². The second kappa shape index (κ2) is 14.1. The van der Waals surface area contributed by atoms with Gasteiger partial charge in [0.25, 0.3) is 0 Å². The van der Waals surface area contributed by atoms with Crippen molar-refractivity contribution in [3.05, 3.63) is 224 Å². The van der Waals surface area contributed by atoms with E-state index in [1.807, 2.05) is 6.07 Å². The smallest absolute Gasteiger partial charge is 0.160 e. The van der Waals surface area contributed by atoms with Crippen LogP contribution in [0.3, 0.4) is 0 Å². The molecule has 4 nitrogen and oxygen atoms in total. The molecule has 0 fully saturated rings. The van der Waals surface area contributed by atoms with Crippen LogP contribution in [-0.4, -0.2) is 14.1 Å². The molecular weight excluding hydrogens is 767 g/mol. The number of aromatic nitrogens is 3. The minimum Gasteiger partial charge on any atom is -0.454 e. The summed E-state index contributed by atoms with van der Waals surface area (Å²) in [6.07, 6.45) is 0. The molecule has 0 amide bonds. The van der Waals surface area contributed by atoms with Crippen LogP contribution in [-0.2, 0) is 0 Å². The molecule has 13 aromatic rings. The lowest BCUT2D eigenvalue weighted by Gasteiger charge is -2.13. The van der Waals surface area contributed by atoms with Gasteiger partial charge in [-0.25, -0.2) is 4.98 Å². The highest BCUT2D eigenvalue weighted by molar-refractivity contribution is 6.26. The van der Waals surface area contributed by atoms with E-state index < -0.39 is 0 Å². The highest BCUT2D eigenvalue weighted by Crippen LogP contribution is 2.46. The lowest BCUT2D eigenvalue weighted by atomic mass is 9.96. The van der Waals surface area contributed by atoms with Gasteiger partial charge < -0.3 is 13.6 Å². The minimum atomic E-state index is 0.874. The fourth-order valence-corrected chi connectivity index (χ4v) is 9.83. The van der Waals surface area contributed by atoms with Crippen LogP contribution in [0.2, 0.25) is 0 Å². The van der Waals surface area contributed by atoms with Crippen molar-refractivity contribution in [3.8, 4) is 56.1 Å². The molecule has 0 spiro atoms. The van der Waals surface area contributed by atoms with Crippen LogP contribution in [0.5, 0.6) is 0 Å². The van der Waals surface area contributed by atoms with Crippen molar-refractivity contribution in [3.63, 3.8) is 0 Å². The molecule has 4 heteroatoms. The van der Waals surface area contributed by atoms with Crippen molar-refractivity contribution >= 4 is 65.6 Å². The molecule has 0 unspecified atom stereocenters. The lowest BCUT2D eigenvalue weighted by molar-refractivity contribution is 0.671. The topological polar surface area (TPSA) is 35.9 Å². The monoisotopic (exact) mass is 803 g/mol. The van der Waals surface area contributed by atoms with Gasteiger partial charge in [0.05, 0.1) is 33.5 Å². The van der Waals surface area contributed by atoms with E-state index in [-0.39, 0.29) is 0 Å². The van der Waals surface area contributed by atoms with E-state index in [2.05, 4.69) is 228 Å². The maximum absolute atomic E-state index is 6.87. The Morgan fingerprint density at radius 2 is 0.810 bits per heavy atom. The van der Waals surface area contributed by atoms with E-state index in [0.717, 1.165) is 88.9 Å². The summed E-state index contributed by atoms with van der Waals surface area (Å²) in [7, 11) is 0. The number of fused-ring (bicyclic) bond motifs is 10. The Morgan fingerprint density at radius 3 is 1.44 bits per heavy atom. The van der Waals surface area contributed by atoms with Crippen LogP contribution in [0.1, 0.15) is 0 Å². The number of furan rings is 1. The zero-order valence-corrected chi connectivity index (χ0v) is 34.1. The van der Waals surface area contributed by atoms with Gasteiger partial charge >= 0.3 is 0 Å². The summed E-state index contributed by atoms with van der Waals surface area (Å²) < 4.78 is 11.6. The van der Waals surface area contributed by atoms with E-state index >= 15 is 0 Å². The van der Waals surface area contributed by atoms with E-state index in [4.69, 9.17) is 9.40 Å². The molecule has 4 heterocycles. The Hall–Kier alpha value is -8.47. The number of hydrogen-bond acceptors (Lipinski definition) is 2. The molecule has 0 radical (unpaired) electrons. The normalized spacial score (nSPS) is 11.8. The van der Waals surface area contributed by atoms with Crippen molar-refractivity contribution in [2.75, 3.05) is 0 Å². The van der Waals surface area contributed by atoms with Gasteiger partial charge in [-0.3, -0.25) is 0 Å². The second-order valence-corrected chi connectivity index (χ2v) is 16.3. The number of rotatable bonds is 6. The number of hydrogen-bond donors (Lipinski definition) is 0. The molecule has 13 rings (SSSR count). The van der Waals surface area contributed by atoms with Crippen LogP contribution in [0.25, 0.3) is 122 Å². The Labute approximate surface area is 363 Å². The zero-order valence-electron chi connectivity index (χ0n) is 34.1. The first-order chi connectivity index (χ1) is 31.2. The first kappa shape index (κ1) is 35.3. The Balaban J connectivity index is 1.00. The lowest BCUT2D eigenvalue weighted by Crippen LogP contribution is -1.96. The van der Waals surface area contributed by atoms with Crippen molar-refractivity contribution in [2.24, 2.45) is 0 Å². The third-order valence-corrected chi connectivity index (χ3v) is 12.7. The van der Waals surface area contributed by atoms with Gasteiger partial charge in [-0.1, -0.05) is 158 Å². The highest BCUT2D eigenvalue weighted by atomic mass is 16.3. The molecule has 294 valence electrons. The number of pyridine rings is 1. The van der Waals surface area contributed by atoms with E-state index in [1.165, 1.54) is 32.8 Å². The summed E-state index contributed by atoms with van der Waals surface area (Å²) in [5.74, 6) is 0. The first-order valence-corrected chi connectivity index (χ1v) is 21.5. The standard InChI is InChI=1S/C59H37N3O/c1-3-15-38(16-4-1)42-35-51(40-17-5-2-6-18-40)60-52(36-42)41-29-33-44(34-30-41)62-55-25-13-9-22-48(55)57-49(37-50-47-21-10-14-26-56(47)63-59(50)58(57)62)39-27-31-43(32-28-39)61-53-23-11-7-19-45(53)46-20-8-12-24-54(46)61/h1-37H. The van der Waals surface area contributed by atoms with Gasteiger partial charge in [-0.05, 0) is 89.0 Å². The molecule has 0 aliphatic carbocycles. The molecular formula is C59H37N3O. The number of benzene rings is 9. The summed E-state index contributed by atoms with van der Waals surface area (Å²) in [5.41, 5.74) is 17.1. The summed E-state index contributed by atoms with van der Waals surface area (Å²) in [6.45, 7) is 0. The fourth-order valence-electron chi connectivity index (χ4n) is 9.83. The average Bonchev–Trinajstić information content (AvgIpc) is 4.03. The predicted molar refractivity (Wildman–Crippen MR) is 262 cm³/mol. The van der Waals surface area contributed by atoms with E-state index in [0.29, 0.717) is 0 Å². The van der Waals surface area contributed by atoms with Crippen LogP contribution in [0.4, 0.5) is 0 Å². The molecule has 0 bridgehead atoms. The molecule has 63 heavy (non-hydrogen) atoms. The second-order valence-electron chi connectivity index (χ2n) is 16.3. The van der Waals surface area contributed by atoms with Gasteiger partial charge in [0.1, 0.15) is 5.58 Å². The summed E-state index contributed by atoms with van der Waals surface area (Å²) in [6, 6.07) is 80.2. The maximum atomic E-state index is 6.87. The van der Waals surface area contributed by atoms with Gasteiger partial charge in [0.2, 0.25) is 0 Å². The van der Waals surface area contributed by atoms with E-state index in [9.17, 15) is 0 Å². The number of nitrogens with zero attached hydrogens (tertiary/aromatic N) is 3. The van der Waals surface area contributed by atoms with Gasteiger partial charge in [0, 0.05) is 54.8 Å². The molecule has 0 N–H and O–H groups in total. The Kier molecular flexibility index (Phi) is 7.87. The SMILES string of the molecule is c1ccc(-c2cc(-c3ccccc3)nc(-c3ccc(-n4c5ccccc5c5c(-c6ccc(-n7c8ccccc8c8ccccc87)cc6)cc6c7ccccc7oc6c54)cc3)c2)cc1. The third-order valence-electron chi connectivity index (χ3n) is 12.7. The maximum Gasteiger partial charge on any atom is 0.160 e. The Bertz CT molecular complexity index is 3760. The first-order valence-electron chi connectivity index (χ1n) is 21.5. The highest BCUT2D eigenvalue weighted by Gasteiger charge is 2.23. The average molecular weight is 804 g/mol.